The predicted molar refractivity (Wildman–Crippen MR) is 135 cm³/mol. The monoisotopic (exact) mass is 490 g/mol. The standard InChI is InChI=1S/C28H30N2O6/c1-4-6-7-16-35-22-12-8-19(9-13-22)25-24(26(31)20-10-14-21(15-11-20)34-5-2)27(32)28(33)30(25)23-17-18(3)36-29-23/h8-15,17,25,31H,4-7,16H2,1-3H3/t25-/m0/s1. The van der Waals surface area contributed by atoms with Crippen molar-refractivity contribution in [2.75, 3.05) is 18.1 Å². The predicted octanol–water partition coefficient (Wildman–Crippen LogP) is 5.58. The van der Waals surface area contributed by atoms with Gasteiger partial charge in [0, 0.05) is 11.6 Å². The lowest BCUT2D eigenvalue weighted by Crippen LogP contribution is -2.29. The zero-order valence-corrected chi connectivity index (χ0v) is 20.7. The summed E-state index contributed by atoms with van der Waals surface area (Å²) in [6.45, 7) is 6.83. The van der Waals surface area contributed by atoms with Crippen LogP contribution in [-0.2, 0) is 9.59 Å². The number of hydrogen-bond donors (Lipinski definition) is 1. The number of nitrogens with zero attached hydrogens (tertiary/aromatic N) is 2. The molecule has 0 saturated carbocycles. The van der Waals surface area contributed by atoms with Gasteiger partial charge in [-0.15, -0.1) is 0 Å². The number of rotatable bonds is 10. The van der Waals surface area contributed by atoms with Gasteiger partial charge in [0.05, 0.1) is 24.8 Å². The largest absolute Gasteiger partial charge is 0.507 e. The molecule has 188 valence electrons. The highest BCUT2D eigenvalue weighted by molar-refractivity contribution is 6.51. The molecule has 36 heavy (non-hydrogen) atoms. The van der Waals surface area contributed by atoms with Crippen molar-refractivity contribution < 1.29 is 28.7 Å². The first-order chi connectivity index (χ1) is 17.4. The first kappa shape index (κ1) is 25.0. The van der Waals surface area contributed by atoms with Gasteiger partial charge in [0.2, 0.25) is 0 Å². The number of benzene rings is 2. The molecule has 1 fully saturated rings. The minimum Gasteiger partial charge on any atom is -0.507 e. The van der Waals surface area contributed by atoms with Crippen LogP contribution < -0.4 is 14.4 Å². The number of carbonyl (C=O) groups is 2. The molecule has 0 bridgehead atoms. The highest BCUT2D eigenvalue weighted by Crippen LogP contribution is 2.42. The van der Waals surface area contributed by atoms with Crippen LogP contribution in [0.5, 0.6) is 11.5 Å². The average molecular weight is 491 g/mol. The number of ketones is 1. The molecule has 0 unspecified atom stereocenters. The van der Waals surface area contributed by atoms with Crippen LogP contribution in [0.1, 0.15) is 56.0 Å². The summed E-state index contributed by atoms with van der Waals surface area (Å²) in [4.78, 5) is 27.6. The molecule has 1 atom stereocenters. The molecule has 3 aromatic rings. The highest BCUT2D eigenvalue weighted by Gasteiger charge is 2.48. The Labute approximate surface area is 210 Å². The van der Waals surface area contributed by atoms with Crippen LogP contribution in [0.2, 0.25) is 0 Å². The van der Waals surface area contributed by atoms with Crippen LogP contribution in [0.15, 0.2) is 64.7 Å². The van der Waals surface area contributed by atoms with Crippen LogP contribution in [0, 0.1) is 6.92 Å². The molecule has 2 aromatic carbocycles. The zero-order chi connectivity index (χ0) is 25.7. The molecule has 1 amide bonds. The van der Waals surface area contributed by atoms with E-state index in [-0.39, 0.29) is 17.2 Å². The minimum atomic E-state index is -0.893. The van der Waals surface area contributed by atoms with Gasteiger partial charge in [-0.1, -0.05) is 37.1 Å². The van der Waals surface area contributed by atoms with Crippen molar-refractivity contribution in [2.24, 2.45) is 0 Å². The molecule has 8 nitrogen and oxygen atoms in total. The Morgan fingerprint density at radius 1 is 1.00 bits per heavy atom. The summed E-state index contributed by atoms with van der Waals surface area (Å²) >= 11 is 0. The van der Waals surface area contributed by atoms with Gasteiger partial charge in [-0.3, -0.25) is 14.5 Å². The number of ether oxygens (including phenoxy) is 2. The van der Waals surface area contributed by atoms with E-state index >= 15 is 0 Å². The SMILES string of the molecule is CCCCCOc1ccc([C@H]2C(=C(O)c3ccc(OCC)cc3)C(=O)C(=O)N2c2cc(C)on2)cc1. The molecule has 2 heterocycles. The smallest absolute Gasteiger partial charge is 0.301 e. The molecule has 0 aliphatic carbocycles. The van der Waals surface area contributed by atoms with E-state index in [1.165, 1.54) is 4.90 Å². The average Bonchev–Trinajstić information content (AvgIpc) is 3.43. The quantitative estimate of drug-likeness (QED) is 0.171. The second-order valence-electron chi connectivity index (χ2n) is 8.55. The fourth-order valence-electron chi connectivity index (χ4n) is 4.17. The van der Waals surface area contributed by atoms with Gasteiger partial charge >= 0.3 is 5.91 Å². The lowest BCUT2D eigenvalue weighted by atomic mass is 9.95. The number of aryl methyl sites for hydroxylation is 1. The summed E-state index contributed by atoms with van der Waals surface area (Å²) in [5, 5.41) is 15.2. The third-order valence-electron chi connectivity index (χ3n) is 5.96. The molecule has 0 spiro atoms. The molecule has 1 N–H and O–H groups in total. The Bertz CT molecular complexity index is 1240. The lowest BCUT2D eigenvalue weighted by Gasteiger charge is -2.23. The van der Waals surface area contributed by atoms with E-state index in [0.717, 1.165) is 19.3 Å². The fourth-order valence-corrected chi connectivity index (χ4v) is 4.17. The first-order valence-corrected chi connectivity index (χ1v) is 12.1. The summed E-state index contributed by atoms with van der Waals surface area (Å²) in [6, 6.07) is 14.6. The molecule has 0 radical (unpaired) electrons. The van der Waals surface area contributed by atoms with Gasteiger partial charge in [-0.05, 0) is 62.2 Å². The summed E-state index contributed by atoms with van der Waals surface area (Å²) in [5.41, 5.74) is 0.998. The zero-order valence-electron chi connectivity index (χ0n) is 20.7. The second kappa shape index (κ2) is 11.1. The van der Waals surface area contributed by atoms with Crippen molar-refractivity contribution in [3.63, 3.8) is 0 Å². The third-order valence-corrected chi connectivity index (χ3v) is 5.96. The van der Waals surface area contributed by atoms with E-state index in [1.54, 1.807) is 61.5 Å². The highest BCUT2D eigenvalue weighted by atomic mass is 16.5. The van der Waals surface area contributed by atoms with Gasteiger partial charge in [0.25, 0.3) is 5.78 Å². The van der Waals surface area contributed by atoms with Crippen LogP contribution in [0.3, 0.4) is 0 Å². The van der Waals surface area contributed by atoms with Gasteiger partial charge < -0.3 is 19.1 Å². The van der Waals surface area contributed by atoms with Gasteiger partial charge in [-0.25, -0.2) is 0 Å². The molecule has 4 rings (SSSR count). The van der Waals surface area contributed by atoms with E-state index in [4.69, 9.17) is 14.0 Å². The number of aliphatic hydroxyl groups excluding tert-OH is 1. The number of anilines is 1. The number of Topliss-reactive ketones (excluding diaryl/α,β-unsaturated/α-hetero) is 1. The molecule has 1 saturated heterocycles. The first-order valence-electron chi connectivity index (χ1n) is 12.1. The van der Waals surface area contributed by atoms with Crippen molar-refractivity contribution in [3.05, 3.63) is 77.1 Å². The van der Waals surface area contributed by atoms with E-state index in [2.05, 4.69) is 12.1 Å². The number of unbranched alkanes of at least 4 members (excludes halogenated alkanes) is 2. The Morgan fingerprint density at radius 2 is 1.67 bits per heavy atom. The molecule has 8 heteroatoms. The van der Waals surface area contributed by atoms with E-state index in [9.17, 15) is 14.7 Å². The normalized spacial score (nSPS) is 17.0. The van der Waals surface area contributed by atoms with Crippen molar-refractivity contribution in [3.8, 4) is 11.5 Å². The number of amides is 1. The summed E-state index contributed by atoms with van der Waals surface area (Å²) in [7, 11) is 0. The summed E-state index contributed by atoms with van der Waals surface area (Å²) in [6.07, 6.45) is 3.16. The number of aromatic nitrogens is 1. The Hall–Kier alpha value is -4.07. The van der Waals surface area contributed by atoms with Crippen molar-refractivity contribution in [2.45, 2.75) is 46.1 Å². The van der Waals surface area contributed by atoms with Crippen LogP contribution >= 0.6 is 0 Å². The minimum absolute atomic E-state index is 0.0265. The molecule has 1 aliphatic rings. The maximum atomic E-state index is 13.2. The van der Waals surface area contributed by atoms with Crippen molar-refractivity contribution in [1.29, 1.82) is 0 Å². The molecular weight excluding hydrogens is 460 g/mol. The van der Waals surface area contributed by atoms with Crippen LogP contribution in [-0.4, -0.2) is 35.2 Å². The van der Waals surface area contributed by atoms with E-state index in [0.29, 0.717) is 41.6 Å². The second-order valence-corrected chi connectivity index (χ2v) is 8.55. The van der Waals surface area contributed by atoms with Crippen molar-refractivity contribution in [1.82, 2.24) is 5.16 Å². The van der Waals surface area contributed by atoms with Crippen LogP contribution in [0.4, 0.5) is 5.82 Å². The summed E-state index contributed by atoms with van der Waals surface area (Å²) < 4.78 is 16.5. The van der Waals surface area contributed by atoms with E-state index < -0.39 is 17.7 Å². The molecule has 1 aliphatic heterocycles. The number of hydrogen-bond acceptors (Lipinski definition) is 7. The maximum Gasteiger partial charge on any atom is 0.301 e. The van der Waals surface area contributed by atoms with Crippen LogP contribution in [0.25, 0.3) is 5.76 Å². The lowest BCUT2D eigenvalue weighted by molar-refractivity contribution is -0.132. The Kier molecular flexibility index (Phi) is 7.73. The maximum absolute atomic E-state index is 13.2. The molecular formula is C28H30N2O6. The van der Waals surface area contributed by atoms with Gasteiger partial charge in [-0.2, -0.15) is 0 Å². The number of aliphatic hydroxyl groups is 1. The summed E-state index contributed by atoms with van der Waals surface area (Å²) in [5.74, 6) is 0.157. The van der Waals surface area contributed by atoms with Gasteiger partial charge in [0.1, 0.15) is 23.0 Å². The van der Waals surface area contributed by atoms with Crippen molar-refractivity contribution >= 4 is 23.3 Å². The van der Waals surface area contributed by atoms with E-state index in [1.807, 2.05) is 6.92 Å². The third kappa shape index (κ3) is 5.12. The topological polar surface area (TPSA) is 102 Å². The number of carbonyl (C=O) groups excluding carboxylic acids is 2. The Morgan fingerprint density at radius 3 is 2.28 bits per heavy atom. The molecule has 1 aromatic heterocycles. The van der Waals surface area contributed by atoms with Gasteiger partial charge in [0.15, 0.2) is 5.82 Å². The Balaban J connectivity index is 1.74. The fraction of sp³-hybridized carbons (Fsp3) is 0.321.